The Labute approximate surface area is 94.5 Å². The van der Waals surface area contributed by atoms with Gasteiger partial charge in [-0.1, -0.05) is 51.3 Å². The van der Waals surface area contributed by atoms with E-state index < -0.39 is 0 Å². The highest BCUT2D eigenvalue weighted by Crippen LogP contribution is 2.11. The van der Waals surface area contributed by atoms with Crippen molar-refractivity contribution in [2.45, 2.75) is 47.0 Å². The monoisotopic (exact) mass is 208 g/mol. The number of rotatable bonds is 5. The van der Waals surface area contributed by atoms with E-state index in [2.05, 4.69) is 26.0 Å². The van der Waals surface area contributed by atoms with Crippen LogP contribution in [0.3, 0.4) is 0 Å². The van der Waals surface area contributed by atoms with Gasteiger partial charge in [-0.15, -0.1) is 0 Å². The molecule has 0 bridgehead atoms. The fourth-order valence-corrected chi connectivity index (χ4v) is 1.18. The van der Waals surface area contributed by atoms with E-state index in [9.17, 15) is 0 Å². The normalized spacial score (nSPS) is 9.07. The lowest BCUT2D eigenvalue weighted by molar-refractivity contribution is 0.306. The predicted octanol–water partition coefficient (Wildman–Crippen LogP) is 4.59. The van der Waals surface area contributed by atoms with Gasteiger partial charge in [0, 0.05) is 0 Å². The van der Waals surface area contributed by atoms with Gasteiger partial charge in [0.05, 0.1) is 6.61 Å². The second kappa shape index (κ2) is 9.57. The quantitative estimate of drug-likeness (QED) is 0.643. The van der Waals surface area contributed by atoms with Crippen molar-refractivity contribution in [1.82, 2.24) is 0 Å². The molecule has 86 valence electrons. The molecule has 0 heterocycles. The van der Waals surface area contributed by atoms with E-state index in [1.54, 1.807) is 0 Å². The minimum Gasteiger partial charge on any atom is -0.494 e. The highest BCUT2D eigenvalue weighted by atomic mass is 16.5. The summed E-state index contributed by atoms with van der Waals surface area (Å²) in [5.41, 5.74) is 1.28. The largest absolute Gasteiger partial charge is 0.494 e. The van der Waals surface area contributed by atoms with E-state index in [1.165, 1.54) is 18.4 Å². The summed E-state index contributed by atoms with van der Waals surface area (Å²) in [5.74, 6) is 0.988. The maximum absolute atomic E-state index is 5.56. The minimum atomic E-state index is 0.844. The first-order chi connectivity index (χ1) is 7.33. The van der Waals surface area contributed by atoms with E-state index >= 15 is 0 Å². The average Bonchev–Trinajstić information content (AvgIpc) is 2.30. The molecule has 0 aliphatic rings. The van der Waals surface area contributed by atoms with Gasteiger partial charge in [0.25, 0.3) is 0 Å². The molecule has 0 atom stereocenters. The summed E-state index contributed by atoms with van der Waals surface area (Å²) in [5, 5.41) is 0. The first-order valence-corrected chi connectivity index (χ1v) is 6.02. The maximum atomic E-state index is 5.56. The Bertz CT molecular complexity index is 226. The zero-order valence-corrected chi connectivity index (χ0v) is 10.5. The summed E-state index contributed by atoms with van der Waals surface area (Å²) in [4.78, 5) is 0. The highest BCUT2D eigenvalue weighted by molar-refractivity contribution is 5.26. The van der Waals surface area contributed by atoms with Crippen LogP contribution in [-0.4, -0.2) is 6.61 Å². The Hall–Kier alpha value is -0.980. The number of unbranched alkanes of at least 4 members (excludes halogenated alkanes) is 2. The lowest BCUT2D eigenvalue weighted by Gasteiger charge is -2.05. The molecular weight excluding hydrogens is 184 g/mol. The molecule has 1 rings (SSSR count). The molecule has 1 aromatic carbocycles. The van der Waals surface area contributed by atoms with Crippen LogP contribution in [0.4, 0.5) is 0 Å². The summed E-state index contributed by atoms with van der Waals surface area (Å²) < 4.78 is 5.56. The summed E-state index contributed by atoms with van der Waals surface area (Å²) in [6.45, 7) is 9.13. The summed E-state index contributed by atoms with van der Waals surface area (Å²) in [6.07, 6.45) is 3.66. The van der Waals surface area contributed by atoms with E-state index in [0.717, 1.165) is 18.8 Å². The average molecular weight is 208 g/mol. The zero-order chi connectivity index (χ0) is 11.5. The Balaban J connectivity index is 0.000000921. The third-order valence-corrected chi connectivity index (χ3v) is 2.04. The SMILES string of the molecule is CC.CCCCCOc1ccc(C)cc1. The van der Waals surface area contributed by atoms with Crippen LogP contribution in [-0.2, 0) is 0 Å². The molecule has 0 aliphatic carbocycles. The fraction of sp³-hybridized carbons (Fsp3) is 0.571. The van der Waals surface area contributed by atoms with Crippen molar-refractivity contribution in [2.24, 2.45) is 0 Å². The molecule has 1 heteroatoms. The number of hydrogen-bond donors (Lipinski definition) is 0. The van der Waals surface area contributed by atoms with Crippen molar-refractivity contribution < 1.29 is 4.74 Å². The van der Waals surface area contributed by atoms with Crippen molar-refractivity contribution in [3.05, 3.63) is 29.8 Å². The molecule has 1 aromatic rings. The summed E-state index contributed by atoms with van der Waals surface area (Å²) in [7, 11) is 0. The molecule has 0 saturated carbocycles. The Morgan fingerprint density at radius 2 is 1.60 bits per heavy atom. The number of ether oxygens (including phenoxy) is 1. The molecule has 0 N–H and O–H groups in total. The standard InChI is InChI=1S/C12H18O.C2H6/c1-3-4-5-10-13-12-8-6-11(2)7-9-12;1-2/h6-9H,3-5,10H2,1-2H3;1-2H3. The number of benzene rings is 1. The Morgan fingerprint density at radius 1 is 1.00 bits per heavy atom. The van der Waals surface area contributed by atoms with Gasteiger partial charge < -0.3 is 4.74 Å². The third kappa shape index (κ3) is 7.01. The molecule has 0 saturated heterocycles. The molecular formula is C14H24O. The van der Waals surface area contributed by atoms with Gasteiger partial charge in [-0.3, -0.25) is 0 Å². The Kier molecular flexibility index (Phi) is 8.95. The lowest BCUT2D eigenvalue weighted by atomic mass is 10.2. The van der Waals surface area contributed by atoms with Gasteiger partial charge in [0.2, 0.25) is 0 Å². The summed E-state index contributed by atoms with van der Waals surface area (Å²) >= 11 is 0. The highest BCUT2D eigenvalue weighted by Gasteiger charge is 1.91. The van der Waals surface area contributed by atoms with Crippen LogP contribution >= 0.6 is 0 Å². The second-order valence-electron chi connectivity index (χ2n) is 3.37. The van der Waals surface area contributed by atoms with E-state index in [4.69, 9.17) is 4.74 Å². The van der Waals surface area contributed by atoms with Crippen LogP contribution in [0.5, 0.6) is 5.75 Å². The molecule has 0 unspecified atom stereocenters. The first kappa shape index (κ1) is 14.0. The van der Waals surface area contributed by atoms with E-state index in [-0.39, 0.29) is 0 Å². The van der Waals surface area contributed by atoms with Crippen molar-refractivity contribution in [1.29, 1.82) is 0 Å². The van der Waals surface area contributed by atoms with Gasteiger partial charge in [-0.25, -0.2) is 0 Å². The van der Waals surface area contributed by atoms with Gasteiger partial charge in [0.1, 0.15) is 5.75 Å². The molecule has 0 radical (unpaired) electrons. The maximum Gasteiger partial charge on any atom is 0.119 e. The molecule has 15 heavy (non-hydrogen) atoms. The molecule has 0 aromatic heterocycles. The van der Waals surface area contributed by atoms with Gasteiger partial charge in [-0.05, 0) is 25.5 Å². The van der Waals surface area contributed by atoms with Gasteiger partial charge in [-0.2, -0.15) is 0 Å². The molecule has 0 spiro atoms. The smallest absolute Gasteiger partial charge is 0.119 e. The number of aryl methyl sites for hydroxylation is 1. The third-order valence-electron chi connectivity index (χ3n) is 2.04. The predicted molar refractivity (Wildman–Crippen MR) is 67.5 cm³/mol. The van der Waals surface area contributed by atoms with Crippen molar-refractivity contribution >= 4 is 0 Å². The first-order valence-electron chi connectivity index (χ1n) is 6.02. The fourth-order valence-electron chi connectivity index (χ4n) is 1.18. The lowest BCUT2D eigenvalue weighted by Crippen LogP contribution is -1.96. The van der Waals surface area contributed by atoms with Crippen LogP contribution in [0.25, 0.3) is 0 Å². The van der Waals surface area contributed by atoms with E-state index in [0.29, 0.717) is 0 Å². The minimum absolute atomic E-state index is 0.844. The van der Waals surface area contributed by atoms with Crippen LogP contribution in [0.15, 0.2) is 24.3 Å². The summed E-state index contributed by atoms with van der Waals surface area (Å²) in [6, 6.07) is 8.22. The molecule has 0 amide bonds. The van der Waals surface area contributed by atoms with Crippen LogP contribution in [0.1, 0.15) is 45.6 Å². The van der Waals surface area contributed by atoms with Crippen molar-refractivity contribution in [3.63, 3.8) is 0 Å². The van der Waals surface area contributed by atoms with Gasteiger partial charge >= 0.3 is 0 Å². The topological polar surface area (TPSA) is 9.23 Å². The molecule has 0 fully saturated rings. The second-order valence-corrected chi connectivity index (χ2v) is 3.37. The Morgan fingerprint density at radius 3 is 2.13 bits per heavy atom. The van der Waals surface area contributed by atoms with Crippen LogP contribution < -0.4 is 4.74 Å². The molecule has 0 aliphatic heterocycles. The van der Waals surface area contributed by atoms with Crippen molar-refractivity contribution in [2.75, 3.05) is 6.61 Å². The van der Waals surface area contributed by atoms with Crippen LogP contribution in [0, 0.1) is 6.92 Å². The molecule has 1 nitrogen and oxygen atoms in total. The zero-order valence-electron chi connectivity index (χ0n) is 10.5. The van der Waals surface area contributed by atoms with E-state index in [1.807, 2.05) is 26.0 Å². The van der Waals surface area contributed by atoms with Crippen molar-refractivity contribution in [3.8, 4) is 5.75 Å². The van der Waals surface area contributed by atoms with Gasteiger partial charge in [0.15, 0.2) is 0 Å². The number of hydrogen-bond acceptors (Lipinski definition) is 1. The van der Waals surface area contributed by atoms with Crippen LogP contribution in [0.2, 0.25) is 0 Å².